The first-order chi connectivity index (χ1) is 17.2. The standard InChI is InChI=1S/C25H24FN3O5S2/c1-17-4-10-20(11-5-17)36(33,34)23(27-22(30)21-3-2-16-35-21)25(32)29-14-12-28(13-15-29)24(31)18-6-8-19(26)9-7-18/h2-11,16,23H,12-15H2,1H3,(H,27,30)/t23-/m0/s1. The number of aryl methyl sites for hydroxylation is 1. The smallest absolute Gasteiger partial charge is 0.262 e. The molecule has 1 N–H and O–H groups in total. The summed E-state index contributed by atoms with van der Waals surface area (Å²) in [6.45, 7) is 2.31. The SMILES string of the molecule is Cc1ccc(S(=O)(=O)[C@H](NC(=O)c2cccs2)C(=O)N2CCN(C(=O)c3ccc(F)cc3)CC2)cc1. The van der Waals surface area contributed by atoms with Crippen molar-refractivity contribution in [1.82, 2.24) is 15.1 Å². The Morgan fingerprint density at radius 2 is 1.53 bits per heavy atom. The lowest BCUT2D eigenvalue weighted by Gasteiger charge is -2.36. The predicted molar refractivity (Wildman–Crippen MR) is 133 cm³/mol. The van der Waals surface area contributed by atoms with E-state index >= 15 is 0 Å². The highest BCUT2D eigenvalue weighted by atomic mass is 32.2. The Labute approximate surface area is 212 Å². The fourth-order valence-corrected chi connectivity index (χ4v) is 5.90. The first-order valence-electron chi connectivity index (χ1n) is 11.2. The van der Waals surface area contributed by atoms with Crippen molar-refractivity contribution in [3.05, 3.63) is 87.9 Å². The lowest BCUT2D eigenvalue weighted by molar-refractivity contribution is -0.132. The van der Waals surface area contributed by atoms with E-state index in [0.717, 1.165) is 16.9 Å². The molecule has 1 aromatic heterocycles. The minimum absolute atomic E-state index is 0.0805. The second kappa shape index (κ2) is 10.6. The number of carbonyl (C=O) groups is 3. The zero-order valence-corrected chi connectivity index (χ0v) is 21.0. The van der Waals surface area contributed by atoms with E-state index < -0.39 is 32.8 Å². The molecule has 4 rings (SSSR count). The Morgan fingerprint density at radius 3 is 2.11 bits per heavy atom. The summed E-state index contributed by atoms with van der Waals surface area (Å²) >= 11 is 1.13. The van der Waals surface area contributed by atoms with Crippen molar-refractivity contribution in [3.63, 3.8) is 0 Å². The van der Waals surface area contributed by atoms with Crippen molar-refractivity contribution in [2.24, 2.45) is 0 Å². The predicted octanol–water partition coefficient (Wildman–Crippen LogP) is 2.71. The highest BCUT2D eigenvalue weighted by Gasteiger charge is 2.39. The van der Waals surface area contributed by atoms with Crippen LogP contribution in [0.4, 0.5) is 4.39 Å². The molecule has 0 unspecified atom stereocenters. The lowest BCUT2D eigenvalue weighted by atomic mass is 10.1. The summed E-state index contributed by atoms with van der Waals surface area (Å²) in [6, 6.07) is 14.4. The van der Waals surface area contributed by atoms with Gasteiger partial charge in [-0.15, -0.1) is 11.3 Å². The third-order valence-electron chi connectivity index (χ3n) is 5.86. The van der Waals surface area contributed by atoms with Gasteiger partial charge in [-0.25, -0.2) is 12.8 Å². The summed E-state index contributed by atoms with van der Waals surface area (Å²) in [4.78, 5) is 42.0. The molecule has 0 radical (unpaired) electrons. The molecule has 11 heteroatoms. The fourth-order valence-electron chi connectivity index (χ4n) is 3.80. The molecule has 3 amide bonds. The molecule has 1 saturated heterocycles. The first-order valence-corrected chi connectivity index (χ1v) is 13.6. The van der Waals surface area contributed by atoms with Gasteiger partial charge in [0.25, 0.3) is 17.7 Å². The second-order valence-corrected chi connectivity index (χ2v) is 11.3. The molecule has 188 valence electrons. The van der Waals surface area contributed by atoms with Crippen molar-refractivity contribution in [2.45, 2.75) is 17.2 Å². The van der Waals surface area contributed by atoms with Crippen molar-refractivity contribution >= 4 is 38.9 Å². The van der Waals surface area contributed by atoms with Crippen LogP contribution in [-0.4, -0.2) is 67.5 Å². The average molecular weight is 530 g/mol. The molecule has 1 atom stereocenters. The molecule has 0 saturated carbocycles. The van der Waals surface area contributed by atoms with Crippen LogP contribution in [0, 0.1) is 12.7 Å². The van der Waals surface area contributed by atoms with Gasteiger partial charge in [0.15, 0.2) is 0 Å². The first kappa shape index (κ1) is 25.5. The van der Waals surface area contributed by atoms with Crippen LogP contribution in [0.3, 0.4) is 0 Å². The number of nitrogens with one attached hydrogen (secondary N) is 1. The molecule has 1 fully saturated rings. The Hall–Kier alpha value is -3.57. The van der Waals surface area contributed by atoms with Crippen LogP contribution in [0.5, 0.6) is 0 Å². The number of halogens is 1. The summed E-state index contributed by atoms with van der Waals surface area (Å²) in [6.07, 6.45) is 0. The van der Waals surface area contributed by atoms with E-state index in [1.54, 1.807) is 29.6 Å². The van der Waals surface area contributed by atoms with Crippen LogP contribution in [0.2, 0.25) is 0 Å². The Morgan fingerprint density at radius 1 is 0.917 bits per heavy atom. The molecule has 2 heterocycles. The number of rotatable bonds is 6. The Kier molecular flexibility index (Phi) is 7.51. The molecule has 8 nitrogen and oxygen atoms in total. The molecule has 1 aliphatic heterocycles. The van der Waals surface area contributed by atoms with Crippen LogP contribution in [0.1, 0.15) is 25.6 Å². The molecule has 0 bridgehead atoms. The molecular formula is C25H24FN3O5S2. The van der Waals surface area contributed by atoms with Gasteiger partial charge in [-0.3, -0.25) is 14.4 Å². The maximum absolute atomic E-state index is 13.5. The van der Waals surface area contributed by atoms with E-state index in [1.807, 2.05) is 6.92 Å². The highest BCUT2D eigenvalue weighted by Crippen LogP contribution is 2.20. The van der Waals surface area contributed by atoms with E-state index in [1.165, 1.54) is 46.2 Å². The number of thiophene rings is 1. The summed E-state index contributed by atoms with van der Waals surface area (Å²) < 4.78 is 40.1. The molecular weight excluding hydrogens is 505 g/mol. The van der Waals surface area contributed by atoms with Crippen molar-refractivity contribution in [2.75, 3.05) is 26.2 Å². The van der Waals surface area contributed by atoms with Gasteiger partial charge in [0.1, 0.15) is 5.82 Å². The Bertz CT molecular complexity index is 1350. The third-order valence-corrected chi connectivity index (χ3v) is 8.60. The van der Waals surface area contributed by atoms with Crippen LogP contribution in [0.25, 0.3) is 0 Å². The summed E-state index contributed by atoms with van der Waals surface area (Å²) in [5.74, 6) is -2.19. The number of nitrogens with zero attached hydrogens (tertiary/aromatic N) is 2. The van der Waals surface area contributed by atoms with E-state index in [4.69, 9.17) is 0 Å². The van der Waals surface area contributed by atoms with Crippen molar-refractivity contribution in [1.29, 1.82) is 0 Å². The number of amides is 3. The number of hydrogen-bond acceptors (Lipinski definition) is 6. The monoisotopic (exact) mass is 529 g/mol. The number of sulfone groups is 1. The van der Waals surface area contributed by atoms with Crippen LogP contribution >= 0.6 is 11.3 Å². The van der Waals surface area contributed by atoms with Gasteiger partial charge < -0.3 is 15.1 Å². The van der Waals surface area contributed by atoms with Gasteiger partial charge in [-0.1, -0.05) is 23.8 Å². The number of hydrogen-bond donors (Lipinski definition) is 1. The topological polar surface area (TPSA) is 104 Å². The Balaban J connectivity index is 1.53. The van der Waals surface area contributed by atoms with Crippen molar-refractivity contribution in [3.8, 4) is 0 Å². The van der Waals surface area contributed by atoms with Crippen LogP contribution in [-0.2, 0) is 14.6 Å². The maximum atomic E-state index is 13.5. The molecule has 0 aliphatic carbocycles. The van der Waals surface area contributed by atoms with E-state index in [2.05, 4.69) is 5.32 Å². The summed E-state index contributed by atoms with van der Waals surface area (Å²) in [5.41, 5.74) is 1.17. The maximum Gasteiger partial charge on any atom is 0.262 e. The molecule has 1 aliphatic rings. The zero-order chi connectivity index (χ0) is 25.9. The highest BCUT2D eigenvalue weighted by molar-refractivity contribution is 7.92. The molecule has 2 aromatic carbocycles. The van der Waals surface area contributed by atoms with Gasteiger partial charge in [-0.05, 0) is 54.8 Å². The van der Waals surface area contributed by atoms with Crippen LogP contribution < -0.4 is 5.32 Å². The molecule has 36 heavy (non-hydrogen) atoms. The number of piperazine rings is 1. The number of carbonyl (C=O) groups excluding carboxylic acids is 3. The summed E-state index contributed by atoms with van der Waals surface area (Å²) in [5, 5.41) is 2.26. The van der Waals surface area contributed by atoms with E-state index in [-0.39, 0.29) is 41.9 Å². The summed E-state index contributed by atoms with van der Waals surface area (Å²) in [7, 11) is -4.26. The van der Waals surface area contributed by atoms with E-state index in [0.29, 0.717) is 5.56 Å². The van der Waals surface area contributed by atoms with Crippen LogP contribution in [0.15, 0.2) is 70.9 Å². The quantitative estimate of drug-likeness (QED) is 0.529. The average Bonchev–Trinajstić information content (AvgIpc) is 3.42. The van der Waals surface area contributed by atoms with Gasteiger partial charge in [0, 0.05) is 31.7 Å². The minimum Gasteiger partial charge on any atom is -0.336 e. The van der Waals surface area contributed by atoms with Crippen molar-refractivity contribution < 1.29 is 27.2 Å². The minimum atomic E-state index is -4.26. The zero-order valence-electron chi connectivity index (χ0n) is 19.4. The van der Waals surface area contributed by atoms with Gasteiger partial charge >= 0.3 is 0 Å². The second-order valence-electron chi connectivity index (χ2n) is 8.31. The van der Waals surface area contributed by atoms with E-state index in [9.17, 15) is 27.2 Å². The number of benzene rings is 2. The molecule has 0 spiro atoms. The normalized spacial score (nSPS) is 14.8. The van der Waals surface area contributed by atoms with Gasteiger partial charge in [-0.2, -0.15) is 0 Å². The molecule has 3 aromatic rings. The van der Waals surface area contributed by atoms with Gasteiger partial charge in [0.2, 0.25) is 15.2 Å². The largest absolute Gasteiger partial charge is 0.336 e. The third kappa shape index (κ3) is 5.47. The lowest BCUT2D eigenvalue weighted by Crippen LogP contribution is -2.57. The van der Waals surface area contributed by atoms with Gasteiger partial charge in [0.05, 0.1) is 9.77 Å². The fraction of sp³-hybridized carbons (Fsp3) is 0.240.